The predicted octanol–water partition coefficient (Wildman–Crippen LogP) is 3.77. The summed E-state index contributed by atoms with van der Waals surface area (Å²) in [5.41, 5.74) is 0.972. The van der Waals surface area contributed by atoms with Gasteiger partial charge in [-0.1, -0.05) is 23.7 Å². The van der Waals surface area contributed by atoms with E-state index in [1.807, 2.05) is 12.1 Å². The normalized spacial score (nSPS) is 11.8. The van der Waals surface area contributed by atoms with Crippen LogP contribution in [0.2, 0.25) is 5.02 Å². The van der Waals surface area contributed by atoms with Crippen LogP contribution in [0.4, 0.5) is 13.2 Å². The van der Waals surface area contributed by atoms with Crippen LogP contribution in [-0.4, -0.2) is 12.7 Å². The Morgan fingerprint density at radius 2 is 2.00 bits per heavy atom. The maximum absolute atomic E-state index is 11.8. The standard InChI is InChI=1S/C11H13ClF3N/c12-10-4-1-3-9(7-10)8-16-6-2-5-11(13,14)15/h1,3-4,7,16H,2,5-6,8H2. The van der Waals surface area contributed by atoms with E-state index in [0.29, 0.717) is 18.1 Å². The molecule has 1 rings (SSSR count). The summed E-state index contributed by atoms with van der Waals surface area (Å²) in [6.45, 7) is 0.893. The average molecular weight is 252 g/mol. The molecule has 0 spiro atoms. The Morgan fingerprint density at radius 1 is 1.25 bits per heavy atom. The molecule has 16 heavy (non-hydrogen) atoms. The maximum Gasteiger partial charge on any atom is 0.389 e. The third kappa shape index (κ3) is 5.98. The third-order valence-corrected chi connectivity index (χ3v) is 2.27. The summed E-state index contributed by atoms with van der Waals surface area (Å²) in [4.78, 5) is 0. The Hall–Kier alpha value is -0.740. The molecule has 0 aliphatic rings. The number of nitrogens with one attached hydrogen (secondary N) is 1. The summed E-state index contributed by atoms with van der Waals surface area (Å²) in [6.07, 6.45) is -4.70. The largest absolute Gasteiger partial charge is 0.389 e. The Balaban J connectivity index is 2.17. The highest BCUT2D eigenvalue weighted by atomic mass is 35.5. The number of halogens is 4. The molecule has 0 amide bonds. The number of hydrogen-bond acceptors (Lipinski definition) is 1. The highest BCUT2D eigenvalue weighted by Gasteiger charge is 2.25. The second-order valence-electron chi connectivity index (χ2n) is 3.53. The van der Waals surface area contributed by atoms with Gasteiger partial charge in [0.25, 0.3) is 0 Å². The molecule has 0 saturated heterocycles. The SMILES string of the molecule is FC(F)(F)CCCNCc1cccc(Cl)c1. The van der Waals surface area contributed by atoms with E-state index in [1.54, 1.807) is 12.1 Å². The molecular formula is C11H13ClF3N. The smallest absolute Gasteiger partial charge is 0.313 e. The Bertz CT molecular complexity index is 325. The van der Waals surface area contributed by atoms with Crippen LogP contribution >= 0.6 is 11.6 Å². The van der Waals surface area contributed by atoms with Crippen molar-refractivity contribution >= 4 is 11.6 Å². The molecule has 1 nitrogen and oxygen atoms in total. The van der Waals surface area contributed by atoms with E-state index in [0.717, 1.165) is 5.56 Å². The van der Waals surface area contributed by atoms with Crippen molar-refractivity contribution in [1.29, 1.82) is 0 Å². The molecular weight excluding hydrogens is 239 g/mol. The van der Waals surface area contributed by atoms with Crippen molar-refractivity contribution in [3.63, 3.8) is 0 Å². The summed E-state index contributed by atoms with van der Waals surface area (Å²) >= 11 is 5.77. The highest BCUT2D eigenvalue weighted by molar-refractivity contribution is 6.30. The summed E-state index contributed by atoms with van der Waals surface area (Å²) in [7, 11) is 0. The van der Waals surface area contributed by atoms with E-state index >= 15 is 0 Å². The number of rotatable bonds is 5. The summed E-state index contributed by atoms with van der Waals surface area (Å²) in [5, 5.41) is 3.58. The topological polar surface area (TPSA) is 12.0 Å². The minimum absolute atomic E-state index is 0.101. The van der Waals surface area contributed by atoms with Gasteiger partial charge in [0.05, 0.1) is 0 Å². The first-order valence-corrected chi connectivity index (χ1v) is 5.37. The molecule has 0 atom stereocenters. The van der Waals surface area contributed by atoms with E-state index in [1.165, 1.54) is 0 Å². The van der Waals surface area contributed by atoms with Gasteiger partial charge < -0.3 is 5.32 Å². The second-order valence-corrected chi connectivity index (χ2v) is 3.96. The van der Waals surface area contributed by atoms with E-state index in [2.05, 4.69) is 5.32 Å². The van der Waals surface area contributed by atoms with Gasteiger partial charge in [-0.2, -0.15) is 13.2 Å². The summed E-state index contributed by atoms with van der Waals surface area (Å²) in [5.74, 6) is 0. The van der Waals surface area contributed by atoms with E-state index < -0.39 is 12.6 Å². The number of alkyl halides is 3. The van der Waals surface area contributed by atoms with E-state index in [4.69, 9.17) is 11.6 Å². The Kier molecular flexibility index (Phi) is 5.09. The lowest BCUT2D eigenvalue weighted by Crippen LogP contribution is -2.17. The fraction of sp³-hybridized carbons (Fsp3) is 0.455. The molecule has 0 heterocycles. The lowest BCUT2D eigenvalue weighted by atomic mass is 10.2. The average Bonchev–Trinajstić information content (AvgIpc) is 2.15. The van der Waals surface area contributed by atoms with Crippen molar-refractivity contribution < 1.29 is 13.2 Å². The molecule has 5 heteroatoms. The van der Waals surface area contributed by atoms with Crippen molar-refractivity contribution in [1.82, 2.24) is 5.32 Å². The fourth-order valence-electron chi connectivity index (χ4n) is 1.29. The zero-order chi connectivity index (χ0) is 12.0. The van der Waals surface area contributed by atoms with Crippen LogP contribution in [0.1, 0.15) is 18.4 Å². The van der Waals surface area contributed by atoms with E-state index in [9.17, 15) is 13.2 Å². The van der Waals surface area contributed by atoms with Gasteiger partial charge in [0, 0.05) is 18.0 Å². The molecule has 0 fully saturated rings. The summed E-state index contributed by atoms with van der Waals surface area (Å²) < 4.78 is 35.4. The Morgan fingerprint density at radius 3 is 2.62 bits per heavy atom. The number of benzene rings is 1. The van der Waals surface area contributed by atoms with Crippen molar-refractivity contribution in [2.75, 3.05) is 6.54 Å². The third-order valence-electron chi connectivity index (χ3n) is 2.03. The van der Waals surface area contributed by atoms with Crippen LogP contribution in [-0.2, 0) is 6.54 Å². The quantitative estimate of drug-likeness (QED) is 0.786. The van der Waals surface area contributed by atoms with Crippen molar-refractivity contribution in [2.45, 2.75) is 25.6 Å². The van der Waals surface area contributed by atoms with Gasteiger partial charge in [-0.05, 0) is 30.7 Å². The molecule has 0 aromatic heterocycles. The zero-order valence-corrected chi connectivity index (χ0v) is 9.41. The highest BCUT2D eigenvalue weighted by Crippen LogP contribution is 2.20. The molecule has 1 N–H and O–H groups in total. The van der Waals surface area contributed by atoms with Crippen LogP contribution in [0, 0.1) is 0 Å². The molecule has 0 radical (unpaired) electrons. The van der Waals surface area contributed by atoms with Gasteiger partial charge in [0.1, 0.15) is 0 Å². The first-order chi connectivity index (χ1) is 7.47. The first kappa shape index (κ1) is 13.3. The minimum Gasteiger partial charge on any atom is -0.313 e. The van der Waals surface area contributed by atoms with Crippen molar-refractivity contribution in [2.24, 2.45) is 0 Å². The van der Waals surface area contributed by atoms with Gasteiger partial charge in [-0.25, -0.2) is 0 Å². The van der Waals surface area contributed by atoms with Crippen LogP contribution in [0.3, 0.4) is 0 Å². The predicted molar refractivity (Wildman–Crippen MR) is 58.4 cm³/mol. The van der Waals surface area contributed by atoms with Gasteiger partial charge in [-0.3, -0.25) is 0 Å². The molecule has 1 aromatic rings. The molecule has 1 aromatic carbocycles. The maximum atomic E-state index is 11.8. The zero-order valence-electron chi connectivity index (χ0n) is 8.65. The molecule has 90 valence electrons. The van der Waals surface area contributed by atoms with Gasteiger partial charge in [0.2, 0.25) is 0 Å². The second kappa shape index (κ2) is 6.11. The van der Waals surface area contributed by atoms with E-state index in [-0.39, 0.29) is 6.42 Å². The molecule has 0 aliphatic carbocycles. The van der Waals surface area contributed by atoms with Crippen LogP contribution < -0.4 is 5.32 Å². The fourth-order valence-corrected chi connectivity index (χ4v) is 1.51. The van der Waals surface area contributed by atoms with Gasteiger partial charge in [0.15, 0.2) is 0 Å². The molecule has 0 bridgehead atoms. The van der Waals surface area contributed by atoms with Gasteiger partial charge >= 0.3 is 6.18 Å². The van der Waals surface area contributed by atoms with Gasteiger partial charge in [-0.15, -0.1) is 0 Å². The van der Waals surface area contributed by atoms with Crippen LogP contribution in [0.25, 0.3) is 0 Å². The molecule has 0 saturated carbocycles. The number of hydrogen-bond donors (Lipinski definition) is 1. The Labute approximate surface area is 97.6 Å². The van der Waals surface area contributed by atoms with Crippen molar-refractivity contribution in [3.8, 4) is 0 Å². The van der Waals surface area contributed by atoms with Crippen LogP contribution in [0.5, 0.6) is 0 Å². The van der Waals surface area contributed by atoms with Crippen LogP contribution in [0.15, 0.2) is 24.3 Å². The lowest BCUT2D eigenvalue weighted by molar-refractivity contribution is -0.135. The monoisotopic (exact) mass is 251 g/mol. The minimum atomic E-state index is -4.06. The lowest BCUT2D eigenvalue weighted by Gasteiger charge is -2.07. The summed E-state index contributed by atoms with van der Waals surface area (Å²) in [6, 6.07) is 7.24. The van der Waals surface area contributed by atoms with Crippen molar-refractivity contribution in [3.05, 3.63) is 34.9 Å². The molecule has 0 aliphatic heterocycles. The first-order valence-electron chi connectivity index (χ1n) is 4.99. The molecule has 0 unspecified atom stereocenters.